The molecule has 0 aliphatic carbocycles. The third-order valence-electron chi connectivity index (χ3n) is 5.62. The standard InChI is InChI=1S/C25H27N3O2/c29-23(15-7-11-20-9-3-1-4-10-20)26-19-24(30)28-18-17-27-16-8-14-22(27)25(28)21-12-5-2-6-13-21/h1-6,8-10,12-14,16,25H,7,11,15,17-19H2,(H,26,29). The number of benzene rings is 2. The second-order valence-electron chi connectivity index (χ2n) is 7.64. The minimum atomic E-state index is -0.127. The number of carbonyl (C=O) groups excluding carboxylic acids is 2. The highest BCUT2D eigenvalue weighted by Crippen LogP contribution is 2.32. The Bertz CT molecular complexity index is 982. The molecule has 0 bridgehead atoms. The first-order valence-corrected chi connectivity index (χ1v) is 10.5. The van der Waals surface area contributed by atoms with E-state index in [0.29, 0.717) is 13.0 Å². The van der Waals surface area contributed by atoms with E-state index in [1.807, 2.05) is 47.4 Å². The molecule has 5 heteroatoms. The number of rotatable bonds is 7. The number of amides is 2. The zero-order valence-corrected chi connectivity index (χ0v) is 17.0. The summed E-state index contributed by atoms with van der Waals surface area (Å²) in [6, 6.07) is 24.2. The summed E-state index contributed by atoms with van der Waals surface area (Å²) < 4.78 is 2.20. The summed E-state index contributed by atoms with van der Waals surface area (Å²) in [6.45, 7) is 1.43. The lowest BCUT2D eigenvalue weighted by Crippen LogP contribution is -2.46. The van der Waals surface area contributed by atoms with Gasteiger partial charge < -0.3 is 14.8 Å². The number of aromatic nitrogens is 1. The fourth-order valence-electron chi connectivity index (χ4n) is 4.10. The lowest BCUT2D eigenvalue weighted by Gasteiger charge is -2.37. The van der Waals surface area contributed by atoms with Gasteiger partial charge in [-0.15, -0.1) is 0 Å². The number of hydrogen-bond donors (Lipinski definition) is 1. The number of carbonyl (C=O) groups is 2. The molecule has 1 N–H and O–H groups in total. The maximum Gasteiger partial charge on any atom is 0.242 e. The summed E-state index contributed by atoms with van der Waals surface area (Å²) >= 11 is 0. The summed E-state index contributed by atoms with van der Waals surface area (Å²) in [7, 11) is 0. The fourth-order valence-corrected chi connectivity index (χ4v) is 4.10. The van der Waals surface area contributed by atoms with E-state index in [1.165, 1.54) is 5.56 Å². The molecule has 5 nitrogen and oxygen atoms in total. The second-order valence-corrected chi connectivity index (χ2v) is 7.64. The molecule has 1 aromatic heterocycles. The van der Waals surface area contributed by atoms with Gasteiger partial charge >= 0.3 is 0 Å². The minimum Gasteiger partial charge on any atom is -0.348 e. The highest BCUT2D eigenvalue weighted by Gasteiger charge is 2.31. The van der Waals surface area contributed by atoms with Crippen LogP contribution in [0.4, 0.5) is 0 Å². The Morgan fingerprint density at radius 2 is 1.63 bits per heavy atom. The van der Waals surface area contributed by atoms with Crippen molar-refractivity contribution >= 4 is 11.8 Å². The van der Waals surface area contributed by atoms with Crippen molar-refractivity contribution in [2.45, 2.75) is 31.8 Å². The third kappa shape index (κ3) is 4.62. The molecule has 4 rings (SSSR count). The minimum absolute atomic E-state index is 0.0359. The molecular weight excluding hydrogens is 374 g/mol. The van der Waals surface area contributed by atoms with E-state index in [2.05, 4.69) is 46.4 Å². The second kappa shape index (κ2) is 9.44. The Balaban J connectivity index is 1.34. The van der Waals surface area contributed by atoms with Crippen LogP contribution < -0.4 is 5.32 Å². The van der Waals surface area contributed by atoms with Gasteiger partial charge in [-0.1, -0.05) is 60.7 Å². The van der Waals surface area contributed by atoms with Gasteiger partial charge in [-0.3, -0.25) is 9.59 Å². The van der Waals surface area contributed by atoms with E-state index in [9.17, 15) is 9.59 Å². The summed E-state index contributed by atoms with van der Waals surface area (Å²) in [5, 5.41) is 2.82. The molecule has 154 valence electrons. The average molecular weight is 402 g/mol. The van der Waals surface area contributed by atoms with Gasteiger partial charge in [-0.05, 0) is 36.1 Å². The van der Waals surface area contributed by atoms with Crippen LogP contribution in [0.25, 0.3) is 0 Å². The van der Waals surface area contributed by atoms with Crippen LogP contribution in [-0.2, 0) is 22.6 Å². The zero-order chi connectivity index (χ0) is 20.8. The summed E-state index contributed by atoms with van der Waals surface area (Å²) in [4.78, 5) is 27.1. The smallest absolute Gasteiger partial charge is 0.242 e. The predicted octanol–water partition coefficient (Wildman–Crippen LogP) is 3.56. The van der Waals surface area contributed by atoms with Gasteiger partial charge in [0, 0.05) is 31.4 Å². The van der Waals surface area contributed by atoms with Crippen molar-refractivity contribution in [3.05, 3.63) is 95.8 Å². The lowest BCUT2D eigenvalue weighted by molar-refractivity contribution is -0.135. The Labute approximate surface area is 177 Å². The highest BCUT2D eigenvalue weighted by molar-refractivity contribution is 5.85. The molecule has 1 atom stereocenters. The molecule has 0 fully saturated rings. The fraction of sp³-hybridized carbons (Fsp3) is 0.280. The van der Waals surface area contributed by atoms with Crippen LogP contribution in [-0.4, -0.2) is 34.4 Å². The molecule has 0 saturated carbocycles. The molecule has 0 radical (unpaired) electrons. The molecule has 1 unspecified atom stereocenters. The predicted molar refractivity (Wildman–Crippen MR) is 117 cm³/mol. The van der Waals surface area contributed by atoms with Gasteiger partial charge in [-0.2, -0.15) is 0 Å². The number of nitrogens with one attached hydrogen (secondary N) is 1. The first-order chi connectivity index (χ1) is 14.7. The summed E-state index contributed by atoms with van der Waals surface area (Å²) in [6.07, 6.45) is 4.12. The molecule has 3 aromatic rings. The van der Waals surface area contributed by atoms with Crippen LogP contribution in [0.3, 0.4) is 0 Å². The molecule has 1 aliphatic heterocycles. The highest BCUT2D eigenvalue weighted by atomic mass is 16.2. The van der Waals surface area contributed by atoms with E-state index in [1.54, 1.807) is 0 Å². The summed E-state index contributed by atoms with van der Waals surface area (Å²) in [5.41, 5.74) is 3.41. The van der Waals surface area contributed by atoms with Crippen molar-refractivity contribution < 1.29 is 9.59 Å². The van der Waals surface area contributed by atoms with Gasteiger partial charge in [0.05, 0.1) is 12.6 Å². The zero-order valence-electron chi connectivity index (χ0n) is 17.0. The molecule has 2 heterocycles. The van der Waals surface area contributed by atoms with Crippen LogP contribution >= 0.6 is 0 Å². The topological polar surface area (TPSA) is 54.3 Å². The van der Waals surface area contributed by atoms with E-state index >= 15 is 0 Å². The van der Waals surface area contributed by atoms with Gasteiger partial charge in [0.15, 0.2) is 0 Å². The average Bonchev–Trinajstić information content (AvgIpc) is 3.27. The first kappa shape index (κ1) is 20.0. The lowest BCUT2D eigenvalue weighted by atomic mass is 10.00. The van der Waals surface area contributed by atoms with E-state index in [0.717, 1.165) is 30.6 Å². The summed E-state index contributed by atoms with van der Waals surface area (Å²) in [5.74, 6) is -0.122. The van der Waals surface area contributed by atoms with Crippen molar-refractivity contribution in [1.82, 2.24) is 14.8 Å². The molecule has 1 aliphatic rings. The quantitative estimate of drug-likeness (QED) is 0.658. The molecule has 2 aromatic carbocycles. The largest absolute Gasteiger partial charge is 0.348 e. The monoisotopic (exact) mass is 401 g/mol. The number of nitrogens with zero attached hydrogens (tertiary/aromatic N) is 2. The van der Waals surface area contributed by atoms with Crippen LogP contribution in [0.2, 0.25) is 0 Å². The third-order valence-corrected chi connectivity index (χ3v) is 5.62. The Morgan fingerprint density at radius 1 is 0.900 bits per heavy atom. The molecule has 2 amide bonds. The number of hydrogen-bond acceptors (Lipinski definition) is 2. The Hall–Kier alpha value is -3.34. The van der Waals surface area contributed by atoms with Crippen LogP contribution in [0, 0.1) is 0 Å². The van der Waals surface area contributed by atoms with Gasteiger partial charge in [0.1, 0.15) is 0 Å². The molecule has 30 heavy (non-hydrogen) atoms. The van der Waals surface area contributed by atoms with Crippen LogP contribution in [0.5, 0.6) is 0 Å². The van der Waals surface area contributed by atoms with Crippen molar-refractivity contribution in [1.29, 1.82) is 0 Å². The van der Waals surface area contributed by atoms with Gasteiger partial charge in [0.25, 0.3) is 0 Å². The van der Waals surface area contributed by atoms with Crippen LogP contribution in [0.15, 0.2) is 79.0 Å². The SMILES string of the molecule is O=C(CCCc1ccccc1)NCC(=O)N1CCn2cccc2C1c1ccccc1. The molecule has 0 saturated heterocycles. The number of aryl methyl sites for hydroxylation is 1. The maximum atomic E-state index is 13.0. The van der Waals surface area contributed by atoms with Gasteiger partial charge in [-0.25, -0.2) is 0 Å². The van der Waals surface area contributed by atoms with Crippen molar-refractivity contribution in [2.24, 2.45) is 0 Å². The first-order valence-electron chi connectivity index (χ1n) is 10.5. The molecule has 0 spiro atoms. The van der Waals surface area contributed by atoms with Gasteiger partial charge in [0.2, 0.25) is 11.8 Å². The van der Waals surface area contributed by atoms with Crippen molar-refractivity contribution in [3.8, 4) is 0 Å². The maximum absolute atomic E-state index is 13.0. The molecular formula is C25H27N3O2. The number of fused-ring (bicyclic) bond motifs is 1. The van der Waals surface area contributed by atoms with E-state index in [4.69, 9.17) is 0 Å². The Morgan fingerprint density at radius 3 is 2.40 bits per heavy atom. The normalized spacial score (nSPS) is 15.5. The van der Waals surface area contributed by atoms with E-state index < -0.39 is 0 Å². The Kier molecular flexibility index (Phi) is 6.28. The van der Waals surface area contributed by atoms with E-state index in [-0.39, 0.29) is 24.4 Å². The van der Waals surface area contributed by atoms with Crippen LogP contribution in [0.1, 0.15) is 35.7 Å². The van der Waals surface area contributed by atoms with Crippen molar-refractivity contribution in [2.75, 3.05) is 13.1 Å². The van der Waals surface area contributed by atoms with Crippen molar-refractivity contribution in [3.63, 3.8) is 0 Å².